The molecule has 0 heterocycles. The summed E-state index contributed by atoms with van der Waals surface area (Å²) in [5, 5.41) is 8.53. The van der Waals surface area contributed by atoms with E-state index in [1.807, 2.05) is 13.0 Å². The molecule has 53 valence electrons. The Bertz CT molecular complexity index is 211. The quantitative estimate of drug-likeness (QED) is 0.595. The van der Waals surface area contributed by atoms with Crippen molar-refractivity contribution in [2.75, 3.05) is 0 Å². The molecular formula is C8H9O2. The van der Waals surface area contributed by atoms with Crippen LogP contribution in [0.4, 0.5) is 0 Å². The van der Waals surface area contributed by atoms with Gasteiger partial charge in [-0.1, -0.05) is 11.6 Å². The molecule has 0 bridgehead atoms. The van der Waals surface area contributed by atoms with E-state index in [0.29, 0.717) is 5.57 Å². The van der Waals surface area contributed by atoms with Crippen LogP contribution in [0.5, 0.6) is 0 Å². The minimum Gasteiger partial charge on any atom is -0.478 e. The molecule has 2 nitrogen and oxygen atoms in total. The van der Waals surface area contributed by atoms with Crippen LogP contribution in [0.2, 0.25) is 0 Å². The van der Waals surface area contributed by atoms with Crippen LogP contribution in [-0.4, -0.2) is 11.1 Å². The Kier molecular flexibility index (Phi) is 1.90. The monoisotopic (exact) mass is 137 g/mol. The van der Waals surface area contributed by atoms with Crippen molar-refractivity contribution < 1.29 is 9.90 Å². The van der Waals surface area contributed by atoms with Crippen molar-refractivity contribution in [2.24, 2.45) is 0 Å². The van der Waals surface area contributed by atoms with Crippen molar-refractivity contribution in [3.63, 3.8) is 0 Å². The van der Waals surface area contributed by atoms with Crippen LogP contribution in [0.3, 0.4) is 0 Å². The lowest BCUT2D eigenvalue weighted by atomic mass is 10.0. The number of carboxylic acid groups (broad SMARTS) is 1. The average Bonchev–Trinajstić information content (AvgIpc) is 1.88. The highest BCUT2D eigenvalue weighted by Gasteiger charge is 2.09. The van der Waals surface area contributed by atoms with Gasteiger partial charge in [-0.15, -0.1) is 0 Å². The van der Waals surface area contributed by atoms with E-state index in [0.717, 1.165) is 12.0 Å². The molecule has 1 aliphatic rings. The molecule has 0 unspecified atom stereocenters. The summed E-state index contributed by atoms with van der Waals surface area (Å²) in [4.78, 5) is 10.4. The molecule has 0 spiro atoms. The zero-order valence-electron chi connectivity index (χ0n) is 5.79. The highest BCUT2D eigenvalue weighted by molar-refractivity contribution is 5.90. The standard InChI is InChI=1S/C8H9O2/c1-6-3-2-4-7(5-6)8(9)10/h3-5H,2H2,1H3,(H,9,10). The van der Waals surface area contributed by atoms with Crippen LogP contribution < -0.4 is 0 Å². The van der Waals surface area contributed by atoms with Gasteiger partial charge in [0.2, 0.25) is 0 Å². The number of rotatable bonds is 1. The van der Waals surface area contributed by atoms with Crippen molar-refractivity contribution in [3.05, 3.63) is 29.7 Å². The van der Waals surface area contributed by atoms with Gasteiger partial charge in [-0.3, -0.25) is 0 Å². The third-order valence-corrected chi connectivity index (χ3v) is 1.41. The Morgan fingerprint density at radius 3 is 2.80 bits per heavy atom. The fraction of sp³-hybridized carbons (Fsp3) is 0.250. The smallest absolute Gasteiger partial charge is 0.331 e. The Morgan fingerprint density at radius 1 is 1.70 bits per heavy atom. The molecule has 0 saturated heterocycles. The Labute approximate surface area is 59.9 Å². The van der Waals surface area contributed by atoms with Crippen LogP contribution in [0.25, 0.3) is 0 Å². The largest absolute Gasteiger partial charge is 0.478 e. The van der Waals surface area contributed by atoms with Gasteiger partial charge in [0.15, 0.2) is 0 Å². The second-order valence-electron chi connectivity index (χ2n) is 2.29. The predicted octanol–water partition coefficient (Wildman–Crippen LogP) is 1.55. The van der Waals surface area contributed by atoms with Gasteiger partial charge in [0, 0.05) is 12.0 Å². The highest BCUT2D eigenvalue weighted by Crippen LogP contribution is 2.15. The van der Waals surface area contributed by atoms with Crippen LogP contribution >= 0.6 is 0 Å². The van der Waals surface area contributed by atoms with E-state index in [9.17, 15) is 4.79 Å². The summed E-state index contributed by atoms with van der Waals surface area (Å²) in [7, 11) is 0. The molecule has 0 aromatic heterocycles. The third-order valence-electron chi connectivity index (χ3n) is 1.41. The van der Waals surface area contributed by atoms with Gasteiger partial charge in [-0.05, 0) is 19.4 Å². The van der Waals surface area contributed by atoms with Crippen molar-refractivity contribution >= 4 is 5.97 Å². The van der Waals surface area contributed by atoms with Crippen LogP contribution in [0.1, 0.15) is 13.3 Å². The second kappa shape index (κ2) is 2.69. The average molecular weight is 137 g/mol. The van der Waals surface area contributed by atoms with Gasteiger partial charge < -0.3 is 5.11 Å². The summed E-state index contributed by atoms with van der Waals surface area (Å²) in [5.41, 5.74) is 1.43. The van der Waals surface area contributed by atoms with Gasteiger partial charge in [-0.25, -0.2) is 4.79 Å². The summed E-state index contributed by atoms with van der Waals surface area (Å²) in [6, 6.07) is 0. The number of carbonyl (C=O) groups is 1. The molecule has 10 heavy (non-hydrogen) atoms. The number of carboxylic acids is 1. The zero-order valence-corrected chi connectivity index (χ0v) is 5.79. The van der Waals surface area contributed by atoms with Gasteiger partial charge in [0.1, 0.15) is 0 Å². The lowest BCUT2D eigenvalue weighted by Gasteiger charge is -2.05. The lowest BCUT2D eigenvalue weighted by Crippen LogP contribution is -2.03. The molecule has 2 heteroatoms. The highest BCUT2D eigenvalue weighted by atomic mass is 16.4. The first kappa shape index (κ1) is 7.06. The number of hydrogen-bond donors (Lipinski definition) is 1. The fourth-order valence-electron chi connectivity index (χ4n) is 0.884. The Balaban J connectivity index is 2.78. The van der Waals surface area contributed by atoms with Crippen LogP contribution in [0, 0.1) is 6.42 Å². The Morgan fingerprint density at radius 2 is 2.40 bits per heavy atom. The van der Waals surface area contributed by atoms with Gasteiger partial charge in [0.25, 0.3) is 0 Å². The topological polar surface area (TPSA) is 37.3 Å². The van der Waals surface area contributed by atoms with E-state index in [1.54, 1.807) is 12.5 Å². The van der Waals surface area contributed by atoms with Gasteiger partial charge >= 0.3 is 5.97 Å². The zero-order chi connectivity index (χ0) is 7.56. The fourth-order valence-corrected chi connectivity index (χ4v) is 0.884. The molecule has 0 aromatic carbocycles. The molecule has 1 N–H and O–H groups in total. The summed E-state index contributed by atoms with van der Waals surface area (Å²) in [5.74, 6) is -0.840. The summed E-state index contributed by atoms with van der Waals surface area (Å²) >= 11 is 0. The SMILES string of the molecule is CC1=CC[CH]C(C(=O)O)=C1. The summed E-state index contributed by atoms with van der Waals surface area (Å²) < 4.78 is 0. The van der Waals surface area contributed by atoms with E-state index in [1.165, 1.54) is 0 Å². The van der Waals surface area contributed by atoms with Crippen LogP contribution in [-0.2, 0) is 4.79 Å². The molecular weight excluding hydrogens is 128 g/mol. The first-order chi connectivity index (χ1) is 4.70. The molecule has 1 rings (SSSR count). The maximum absolute atomic E-state index is 10.4. The predicted molar refractivity (Wildman–Crippen MR) is 38.4 cm³/mol. The van der Waals surface area contributed by atoms with Crippen molar-refractivity contribution in [1.82, 2.24) is 0 Å². The first-order valence-corrected chi connectivity index (χ1v) is 3.15. The number of hydrogen-bond acceptors (Lipinski definition) is 1. The summed E-state index contributed by atoms with van der Waals surface area (Å²) in [6.07, 6.45) is 6.11. The van der Waals surface area contributed by atoms with E-state index in [-0.39, 0.29) is 0 Å². The molecule has 0 fully saturated rings. The van der Waals surface area contributed by atoms with E-state index in [2.05, 4.69) is 0 Å². The normalized spacial score (nSPS) is 17.7. The molecule has 1 aliphatic carbocycles. The third kappa shape index (κ3) is 1.47. The maximum Gasteiger partial charge on any atom is 0.331 e. The van der Waals surface area contributed by atoms with E-state index in [4.69, 9.17) is 5.11 Å². The van der Waals surface area contributed by atoms with Crippen molar-refractivity contribution in [3.8, 4) is 0 Å². The number of allylic oxidation sites excluding steroid dienone is 3. The number of aliphatic carboxylic acids is 1. The Hall–Kier alpha value is -1.05. The molecule has 0 aliphatic heterocycles. The van der Waals surface area contributed by atoms with E-state index < -0.39 is 5.97 Å². The lowest BCUT2D eigenvalue weighted by molar-refractivity contribution is -0.132. The molecule has 0 amide bonds. The molecule has 0 saturated carbocycles. The van der Waals surface area contributed by atoms with Gasteiger partial charge in [0.05, 0.1) is 0 Å². The minimum atomic E-state index is -0.840. The van der Waals surface area contributed by atoms with Crippen molar-refractivity contribution in [1.29, 1.82) is 0 Å². The first-order valence-electron chi connectivity index (χ1n) is 3.15. The molecule has 1 radical (unpaired) electrons. The minimum absolute atomic E-state index is 0.403. The second-order valence-corrected chi connectivity index (χ2v) is 2.29. The maximum atomic E-state index is 10.4. The van der Waals surface area contributed by atoms with Crippen LogP contribution in [0.15, 0.2) is 23.3 Å². The van der Waals surface area contributed by atoms with Crippen molar-refractivity contribution in [2.45, 2.75) is 13.3 Å². The summed E-state index contributed by atoms with van der Waals surface area (Å²) in [6.45, 7) is 1.90. The molecule has 0 atom stereocenters. The van der Waals surface area contributed by atoms with E-state index >= 15 is 0 Å². The van der Waals surface area contributed by atoms with Gasteiger partial charge in [-0.2, -0.15) is 0 Å². The molecule has 0 aromatic rings.